The van der Waals surface area contributed by atoms with Crippen molar-refractivity contribution in [2.24, 2.45) is 0 Å². The number of nitrogens with one attached hydrogen (secondary N) is 2. The molecule has 0 fully saturated rings. The van der Waals surface area contributed by atoms with Crippen molar-refractivity contribution in [3.05, 3.63) is 11.8 Å². The van der Waals surface area contributed by atoms with Crippen LogP contribution >= 0.6 is 0 Å². The Morgan fingerprint density at radius 3 is 2.67 bits per heavy atom. The van der Waals surface area contributed by atoms with Crippen LogP contribution in [-0.2, 0) is 4.79 Å². The Balaban J connectivity index is 0. The van der Waals surface area contributed by atoms with Crippen LogP contribution < -0.4 is 34.6 Å². The molecule has 0 aliphatic rings. The largest absolute Gasteiger partial charge is 1.00 e. The standard InChI is InChI=1S/C12H24N2O3.Li/c1-3-4-5-6-11(15)9-13-7-8-14-10(2)12(16)17;/h6,10,13-15H,3-5,7-9H2,1-2H3,(H,16,17);/q;+1/p-1/b11-6-;. The minimum absolute atomic E-state index is 0. The molecule has 0 radical (unpaired) electrons. The van der Waals surface area contributed by atoms with Crippen molar-refractivity contribution in [1.82, 2.24) is 10.6 Å². The van der Waals surface area contributed by atoms with Crippen LogP contribution in [0.15, 0.2) is 11.8 Å². The topological polar surface area (TPSA) is 84.4 Å². The summed E-state index contributed by atoms with van der Waals surface area (Å²) in [6.45, 7) is 5.13. The van der Waals surface area contributed by atoms with Crippen LogP contribution in [0.3, 0.4) is 0 Å². The molecule has 0 amide bonds. The number of allylic oxidation sites excluding steroid dienone is 1. The van der Waals surface area contributed by atoms with E-state index in [1.807, 2.05) is 0 Å². The van der Waals surface area contributed by atoms with E-state index in [1.165, 1.54) is 0 Å². The molecule has 5 nitrogen and oxygen atoms in total. The third-order valence-electron chi connectivity index (χ3n) is 2.35. The molecule has 3 N–H and O–H groups in total. The van der Waals surface area contributed by atoms with Gasteiger partial charge in [-0.2, -0.15) is 0 Å². The van der Waals surface area contributed by atoms with E-state index >= 15 is 0 Å². The average Bonchev–Trinajstić information content (AvgIpc) is 2.28. The van der Waals surface area contributed by atoms with Crippen LogP contribution in [0, 0.1) is 0 Å². The van der Waals surface area contributed by atoms with Gasteiger partial charge < -0.3 is 20.8 Å². The second-order valence-corrected chi connectivity index (χ2v) is 4.00. The third-order valence-corrected chi connectivity index (χ3v) is 2.35. The number of carbonyl (C=O) groups is 1. The van der Waals surface area contributed by atoms with Gasteiger partial charge >= 0.3 is 24.8 Å². The minimum atomic E-state index is -0.867. The average molecular weight is 250 g/mol. The van der Waals surface area contributed by atoms with E-state index in [9.17, 15) is 9.90 Å². The Morgan fingerprint density at radius 1 is 1.44 bits per heavy atom. The van der Waals surface area contributed by atoms with Crippen LogP contribution in [0.25, 0.3) is 0 Å². The molecule has 6 heteroatoms. The smallest absolute Gasteiger partial charge is 0.875 e. The van der Waals surface area contributed by atoms with Gasteiger partial charge in [-0.25, -0.2) is 0 Å². The summed E-state index contributed by atoms with van der Waals surface area (Å²) in [5, 5.41) is 25.7. The van der Waals surface area contributed by atoms with E-state index in [4.69, 9.17) is 5.11 Å². The Morgan fingerprint density at radius 2 is 2.11 bits per heavy atom. The maximum absolute atomic E-state index is 11.3. The van der Waals surface area contributed by atoms with Crippen LogP contribution in [-0.4, -0.2) is 36.8 Å². The number of hydrogen-bond donors (Lipinski definition) is 3. The first-order chi connectivity index (χ1) is 8.07. The van der Waals surface area contributed by atoms with Gasteiger partial charge in [0, 0.05) is 19.6 Å². The molecule has 0 saturated carbocycles. The van der Waals surface area contributed by atoms with Crippen molar-refractivity contribution in [2.75, 3.05) is 19.6 Å². The number of hydrogen-bond acceptors (Lipinski definition) is 4. The van der Waals surface area contributed by atoms with Gasteiger partial charge in [0.15, 0.2) is 0 Å². The zero-order valence-electron chi connectivity index (χ0n) is 11.7. The summed E-state index contributed by atoms with van der Waals surface area (Å²) in [6, 6.07) is -0.552. The van der Waals surface area contributed by atoms with Crippen molar-refractivity contribution < 1.29 is 33.9 Å². The Labute approximate surface area is 121 Å². The SMILES string of the molecule is CCCC/C=C(\[O-])CNCCNC(C)C(=O)O.[Li+]. The summed E-state index contributed by atoms with van der Waals surface area (Å²) in [7, 11) is 0. The Bertz CT molecular complexity index is 247. The maximum atomic E-state index is 11.3. The molecule has 0 spiro atoms. The van der Waals surface area contributed by atoms with Gasteiger partial charge in [-0.15, -0.1) is 5.76 Å². The predicted octanol–water partition coefficient (Wildman–Crippen LogP) is -2.92. The molecule has 100 valence electrons. The van der Waals surface area contributed by atoms with Gasteiger partial charge in [0.25, 0.3) is 0 Å². The molecule has 0 rings (SSSR count). The number of rotatable bonds is 10. The number of aliphatic carboxylic acids is 1. The summed E-state index contributed by atoms with van der Waals surface area (Å²) in [5.74, 6) is -0.765. The normalized spacial score (nSPS) is 12.9. The summed E-state index contributed by atoms with van der Waals surface area (Å²) in [6.07, 6.45) is 4.69. The van der Waals surface area contributed by atoms with Crippen LogP contribution in [0.1, 0.15) is 33.1 Å². The zero-order valence-corrected chi connectivity index (χ0v) is 11.7. The van der Waals surface area contributed by atoms with Gasteiger partial charge in [-0.3, -0.25) is 4.79 Å². The first-order valence-corrected chi connectivity index (χ1v) is 6.10. The monoisotopic (exact) mass is 250 g/mol. The molecule has 0 aliphatic carbocycles. The van der Waals surface area contributed by atoms with E-state index < -0.39 is 12.0 Å². The fourth-order valence-corrected chi connectivity index (χ4v) is 1.22. The van der Waals surface area contributed by atoms with Crippen LogP contribution in [0.4, 0.5) is 0 Å². The van der Waals surface area contributed by atoms with E-state index in [-0.39, 0.29) is 24.6 Å². The second kappa shape index (κ2) is 13.0. The van der Waals surface area contributed by atoms with Crippen molar-refractivity contribution >= 4 is 5.97 Å². The first-order valence-electron chi connectivity index (χ1n) is 6.10. The summed E-state index contributed by atoms with van der Waals surface area (Å²) in [5.41, 5.74) is 0. The molecule has 0 aromatic heterocycles. The summed E-state index contributed by atoms with van der Waals surface area (Å²) < 4.78 is 0. The van der Waals surface area contributed by atoms with Crippen molar-refractivity contribution in [3.8, 4) is 0 Å². The van der Waals surface area contributed by atoms with E-state index in [0.717, 1.165) is 19.3 Å². The Kier molecular flexibility index (Phi) is 14.3. The van der Waals surface area contributed by atoms with Crippen LogP contribution in [0.5, 0.6) is 0 Å². The molecule has 0 aromatic carbocycles. The summed E-state index contributed by atoms with van der Waals surface area (Å²) >= 11 is 0. The number of carboxylic acids is 1. The summed E-state index contributed by atoms with van der Waals surface area (Å²) in [4.78, 5) is 10.5. The fraction of sp³-hybridized carbons (Fsp3) is 0.750. The third kappa shape index (κ3) is 12.0. The molecule has 18 heavy (non-hydrogen) atoms. The second-order valence-electron chi connectivity index (χ2n) is 4.00. The van der Waals surface area contributed by atoms with Gasteiger partial charge in [-0.05, 0) is 13.3 Å². The minimum Gasteiger partial charge on any atom is -0.875 e. The van der Waals surface area contributed by atoms with Crippen molar-refractivity contribution in [2.45, 2.75) is 39.2 Å². The van der Waals surface area contributed by atoms with E-state index in [0.29, 0.717) is 19.6 Å². The molecule has 1 atom stereocenters. The van der Waals surface area contributed by atoms with Crippen LogP contribution in [0.2, 0.25) is 0 Å². The zero-order chi connectivity index (χ0) is 13.1. The number of carboxylic acid groups (broad SMARTS) is 1. The molecule has 0 heterocycles. The first kappa shape index (κ1) is 19.9. The maximum Gasteiger partial charge on any atom is 1.00 e. The van der Waals surface area contributed by atoms with Crippen molar-refractivity contribution in [1.29, 1.82) is 0 Å². The van der Waals surface area contributed by atoms with Gasteiger partial charge in [-0.1, -0.05) is 25.8 Å². The molecule has 0 saturated heterocycles. The van der Waals surface area contributed by atoms with E-state index in [2.05, 4.69) is 17.6 Å². The molecular weight excluding hydrogens is 227 g/mol. The number of unbranched alkanes of at least 4 members (excludes halogenated alkanes) is 2. The predicted molar refractivity (Wildman–Crippen MR) is 65.6 cm³/mol. The molecular formula is C12H23LiN2O3. The van der Waals surface area contributed by atoms with Crippen molar-refractivity contribution in [3.63, 3.8) is 0 Å². The molecule has 1 unspecified atom stereocenters. The van der Waals surface area contributed by atoms with Gasteiger partial charge in [0.1, 0.15) is 6.04 Å². The van der Waals surface area contributed by atoms with Gasteiger partial charge in [0.05, 0.1) is 0 Å². The van der Waals surface area contributed by atoms with Gasteiger partial charge in [0.2, 0.25) is 0 Å². The quantitative estimate of drug-likeness (QED) is 0.220. The Hall–Kier alpha value is -0.473. The van der Waals surface area contributed by atoms with E-state index in [1.54, 1.807) is 13.0 Å². The molecule has 0 aromatic rings. The fourth-order valence-electron chi connectivity index (χ4n) is 1.22. The molecule has 0 bridgehead atoms. The molecule has 0 aliphatic heterocycles.